The second-order valence-electron chi connectivity index (χ2n) is 7.64. The Morgan fingerprint density at radius 3 is 2.68 bits per heavy atom. The highest BCUT2D eigenvalue weighted by molar-refractivity contribution is 5.13. The summed E-state index contributed by atoms with van der Waals surface area (Å²) in [4.78, 5) is 0. The molecule has 2 heterocycles. The Morgan fingerprint density at radius 1 is 1.36 bits per heavy atom. The Hall–Kier alpha value is -0.910. The van der Waals surface area contributed by atoms with E-state index in [0.717, 1.165) is 30.7 Å². The summed E-state index contributed by atoms with van der Waals surface area (Å²) in [6, 6.07) is 2.41. The van der Waals surface area contributed by atoms with Crippen LogP contribution in [-0.2, 0) is 16.6 Å². The highest BCUT2D eigenvalue weighted by Gasteiger charge is 2.30. The van der Waals surface area contributed by atoms with Crippen molar-refractivity contribution in [2.24, 2.45) is 0 Å². The van der Waals surface area contributed by atoms with E-state index in [0.29, 0.717) is 12.6 Å². The maximum absolute atomic E-state index is 10.1. The molecule has 5 heteroatoms. The van der Waals surface area contributed by atoms with Crippen molar-refractivity contribution in [1.29, 1.82) is 0 Å². The van der Waals surface area contributed by atoms with Gasteiger partial charge in [-0.15, -0.1) is 0 Å². The molecule has 2 rings (SSSR count). The molecule has 1 aromatic rings. The molecule has 0 unspecified atom stereocenters. The zero-order valence-corrected chi connectivity index (χ0v) is 14.4. The molecular weight excluding hydrogens is 280 g/mol. The maximum Gasteiger partial charge on any atom is 0.142 e. The van der Waals surface area contributed by atoms with E-state index >= 15 is 0 Å². The maximum atomic E-state index is 10.1. The van der Waals surface area contributed by atoms with Crippen LogP contribution in [0.15, 0.2) is 10.6 Å². The lowest BCUT2D eigenvalue weighted by atomic mass is 9.92. The molecule has 5 nitrogen and oxygen atoms in total. The highest BCUT2D eigenvalue weighted by Crippen LogP contribution is 2.26. The molecule has 126 valence electrons. The van der Waals surface area contributed by atoms with E-state index in [9.17, 15) is 5.11 Å². The minimum Gasteiger partial charge on any atom is -0.390 e. The van der Waals surface area contributed by atoms with E-state index in [4.69, 9.17) is 9.26 Å². The molecular formula is C17H30N2O3. The molecule has 0 bridgehead atoms. The zero-order valence-electron chi connectivity index (χ0n) is 14.4. The number of aliphatic hydroxyl groups excluding tert-OH is 1. The van der Waals surface area contributed by atoms with Gasteiger partial charge in [-0.2, -0.15) is 0 Å². The van der Waals surface area contributed by atoms with Gasteiger partial charge in [-0.3, -0.25) is 0 Å². The Kier molecular flexibility index (Phi) is 5.64. The van der Waals surface area contributed by atoms with Crippen LogP contribution in [0.5, 0.6) is 0 Å². The summed E-state index contributed by atoms with van der Waals surface area (Å²) in [5, 5.41) is 17.6. The van der Waals surface area contributed by atoms with Gasteiger partial charge in [0.1, 0.15) is 5.76 Å². The molecule has 1 aliphatic heterocycles. The second-order valence-corrected chi connectivity index (χ2v) is 7.64. The zero-order chi connectivity index (χ0) is 16.3. The molecule has 0 saturated carbocycles. The minimum atomic E-state index is -0.384. The first kappa shape index (κ1) is 17.4. The number of ether oxygens (including phenoxy) is 1. The number of hydrogen-bond donors (Lipinski definition) is 2. The molecule has 1 aliphatic rings. The first-order valence-corrected chi connectivity index (χ1v) is 8.28. The molecule has 1 fully saturated rings. The molecule has 1 aromatic heterocycles. The van der Waals surface area contributed by atoms with Gasteiger partial charge in [0.05, 0.1) is 24.0 Å². The summed E-state index contributed by atoms with van der Waals surface area (Å²) in [5.74, 6) is 0.899. The molecule has 0 aliphatic carbocycles. The van der Waals surface area contributed by atoms with Gasteiger partial charge < -0.3 is 19.7 Å². The summed E-state index contributed by atoms with van der Waals surface area (Å²) in [7, 11) is 0. The van der Waals surface area contributed by atoms with Crippen LogP contribution in [0, 0.1) is 0 Å². The van der Waals surface area contributed by atoms with Crippen LogP contribution in [-0.4, -0.2) is 41.2 Å². The smallest absolute Gasteiger partial charge is 0.142 e. The fraction of sp³-hybridized carbons (Fsp3) is 0.824. The van der Waals surface area contributed by atoms with Crippen molar-refractivity contribution < 1.29 is 14.4 Å². The second kappa shape index (κ2) is 7.11. The summed E-state index contributed by atoms with van der Waals surface area (Å²) in [5.41, 5.74) is 0.903. The summed E-state index contributed by atoms with van der Waals surface area (Å²) in [6.45, 7) is 11.2. The number of nitrogens with zero attached hydrogens (tertiary/aromatic N) is 1. The van der Waals surface area contributed by atoms with Crippen molar-refractivity contribution in [3.8, 4) is 0 Å². The predicted molar refractivity (Wildman–Crippen MR) is 85.9 cm³/mol. The number of hydrogen-bond acceptors (Lipinski definition) is 5. The Morgan fingerprint density at radius 2 is 2.09 bits per heavy atom. The van der Waals surface area contributed by atoms with E-state index in [1.807, 2.05) is 6.07 Å². The third-order valence-corrected chi connectivity index (χ3v) is 4.04. The topological polar surface area (TPSA) is 67.5 Å². The van der Waals surface area contributed by atoms with Crippen LogP contribution in [0.3, 0.4) is 0 Å². The Balaban J connectivity index is 1.91. The van der Waals surface area contributed by atoms with Gasteiger partial charge in [0, 0.05) is 30.5 Å². The fourth-order valence-corrected chi connectivity index (χ4v) is 2.63. The van der Waals surface area contributed by atoms with E-state index in [1.165, 1.54) is 0 Å². The molecule has 0 aromatic carbocycles. The van der Waals surface area contributed by atoms with Crippen molar-refractivity contribution >= 4 is 0 Å². The van der Waals surface area contributed by atoms with Gasteiger partial charge >= 0.3 is 0 Å². The normalized spacial score (nSPS) is 26.6. The van der Waals surface area contributed by atoms with Crippen LogP contribution in [0.1, 0.15) is 58.9 Å². The average molecular weight is 310 g/mol. The van der Waals surface area contributed by atoms with Gasteiger partial charge in [-0.25, -0.2) is 0 Å². The Labute approximate surface area is 133 Å². The van der Waals surface area contributed by atoms with E-state index in [1.54, 1.807) is 0 Å². The van der Waals surface area contributed by atoms with Gasteiger partial charge in [0.25, 0.3) is 0 Å². The van der Waals surface area contributed by atoms with Gasteiger partial charge in [0.15, 0.2) is 0 Å². The quantitative estimate of drug-likeness (QED) is 0.874. The fourth-order valence-electron chi connectivity index (χ4n) is 2.63. The van der Waals surface area contributed by atoms with Crippen LogP contribution >= 0.6 is 0 Å². The van der Waals surface area contributed by atoms with Crippen molar-refractivity contribution in [2.75, 3.05) is 6.54 Å². The van der Waals surface area contributed by atoms with Crippen LogP contribution in [0.25, 0.3) is 0 Å². The summed E-state index contributed by atoms with van der Waals surface area (Å²) in [6.07, 6.45) is 1.95. The van der Waals surface area contributed by atoms with E-state index < -0.39 is 0 Å². The SMILES string of the molecule is CC(C)NC[C@H]1O[C@H](Cc2cc(C(C)(C)C)on2)CC[C@@H]1O. The standard InChI is InChI=1S/C17H30N2O3/c1-11(2)18-10-15-14(20)7-6-13(21-15)8-12-9-16(22-19-12)17(3,4)5/h9,11,13-15,18,20H,6-8,10H2,1-5H3/t13-,14-,15+/m0/s1. The van der Waals surface area contributed by atoms with Crippen molar-refractivity contribution in [2.45, 2.75) is 83.6 Å². The largest absolute Gasteiger partial charge is 0.390 e. The molecule has 2 N–H and O–H groups in total. The van der Waals surface area contributed by atoms with E-state index in [-0.39, 0.29) is 23.7 Å². The average Bonchev–Trinajstić information content (AvgIpc) is 2.88. The molecule has 0 spiro atoms. The first-order valence-electron chi connectivity index (χ1n) is 8.28. The number of aliphatic hydroxyl groups is 1. The summed E-state index contributed by atoms with van der Waals surface area (Å²) < 4.78 is 11.5. The molecule has 3 atom stereocenters. The Bertz CT molecular complexity index is 465. The monoisotopic (exact) mass is 310 g/mol. The lowest BCUT2D eigenvalue weighted by molar-refractivity contribution is -0.115. The molecule has 1 saturated heterocycles. The molecule has 0 amide bonds. The minimum absolute atomic E-state index is 0.0292. The van der Waals surface area contributed by atoms with Crippen molar-refractivity contribution in [3.05, 3.63) is 17.5 Å². The number of aromatic nitrogens is 1. The third-order valence-electron chi connectivity index (χ3n) is 4.04. The first-order chi connectivity index (χ1) is 10.3. The van der Waals surface area contributed by atoms with Crippen molar-refractivity contribution in [3.63, 3.8) is 0 Å². The van der Waals surface area contributed by atoms with Gasteiger partial charge in [0.2, 0.25) is 0 Å². The number of nitrogens with one attached hydrogen (secondary N) is 1. The lowest BCUT2D eigenvalue weighted by Gasteiger charge is -2.34. The highest BCUT2D eigenvalue weighted by atomic mass is 16.5. The lowest BCUT2D eigenvalue weighted by Crippen LogP contribution is -2.46. The van der Waals surface area contributed by atoms with Crippen molar-refractivity contribution in [1.82, 2.24) is 10.5 Å². The number of rotatable bonds is 5. The molecule has 22 heavy (non-hydrogen) atoms. The van der Waals surface area contributed by atoms with Crippen LogP contribution < -0.4 is 5.32 Å². The van der Waals surface area contributed by atoms with Crippen LogP contribution in [0.2, 0.25) is 0 Å². The van der Waals surface area contributed by atoms with Gasteiger partial charge in [-0.1, -0.05) is 39.8 Å². The predicted octanol–water partition coefficient (Wildman–Crippen LogP) is 2.42. The van der Waals surface area contributed by atoms with E-state index in [2.05, 4.69) is 45.1 Å². The van der Waals surface area contributed by atoms with Gasteiger partial charge in [-0.05, 0) is 12.8 Å². The molecule has 0 radical (unpaired) electrons. The summed E-state index contributed by atoms with van der Waals surface area (Å²) >= 11 is 0. The third kappa shape index (κ3) is 4.80. The van der Waals surface area contributed by atoms with Crippen LogP contribution in [0.4, 0.5) is 0 Å².